The number of benzene rings is 1. The van der Waals surface area contributed by atoms with Crippen LogP contribution in [0.2, 0.25) is 0 Å². The van der Waals surface area contributed by atoms with Gasteiger partial charge in [-0.05, 0) is 50.9 Å². The zero-order valence-electron chi connectivity index (χ0n) is 13.6. The van der Waals surface area contributed by atoms with Crippen LogP contribution in [0.5, 0.6) is 0 Å². The lowest BCUT2D eigenvalue weighted by molar-refractivity contribution is 0.397. The van der Waals surface area contributed by atoms with Crippen LogP contribution in [0.3, 0.4) is 0 Å². The molecule has 0 radical (unpaired) electrons. The van der Waals surface area contributed by atoms with Crippen LogP contribution < -0.4 is 10.2 Å². The molecule has 0 aromatic heterocycles. The summed E-state index contributed by atoms with van der Waals surface area (Å²) in [5, 5.41) is 3.46. The largest absolute Gasteiger partial charge is 0.356 e. The van der Waals surface area contributed by atoms with E-state index in [9.17, 15) is 0 Å². The maximum Gasteiger partial charge on any atom is 0.198 e. The number of likely N-dealkylation sites (tertiary alicyclic amines) is 1. The molecule has 2 aliphatic heterocycles. The maximum absolute atomic E-state index is 4.92. The van der Waals surface area contributed by atoms with Gasteiger partial charge in [0.15, 0.2) is 5.96 Å². The number of anilines is 1. The van der Waals surface area contributed by atoms with Crippen LogP contribution in [0.25, 0.3) is 0 Å². The molecule has 1 atom stereocenters. The summed E-state index contributed by atoms with van der Waals surface area (Å²) in [7, 11) is 2.20. The maximum atomic E-state index is 4.92. The number of fused-ring (bicyclic) bond motifs is 1. The van der Waals surface area contributed by atoms with Gasteiger partial charge in [0.2, 0.25) is 0 Å². The van der Waals surface area contributed by atoms with Gasteiger partial charge in [0.05, 0.1) is 0 Å². The Morgan fingerprint density at radius 2 is 2.14 bits per heavy atom. The monoisotopic (exact) mass is 414 g/mol. The quantitative estimate of drug-likeness (QED) is 0.469. The molecule has 0 saturated carbocycles. The number of nitrogens with zero attached hydrogens (tertiary/aromatic N) is 3. The van der Waals surface area contributed by atoms with Crippen molar-refractivity contribution in [3.8, 4) is 0 Å². The SMILES string of the molecule is CCNC(=NCC1CCN(C)C1)N1CCc2ccccc21.I. The van der Waals surface area contributed by atoms with E-state index in [0.717, 1.165) is 32.0 Å². The fourth-order valence-electron chi connectivity index (χ4n) is 3.34. The van der Waals surface area contributed by atoms with Crippen molar-refractivity contribution in [1.29, 1.82) is 0 Å². The first-order valence-corrected chi connectivity index (χ1v) is 8.10. The first kappa shape index (κ1) is 17.5. The van der Waals surface area contributed by atoms with E-state index < -0.39 is 0 Å². The van der Waals surface area contributed by atoms with Gasteiger partial charge in [0.25, 0.3) is 0 Å². The number of hydrogen-bond donors (Lipinski definition) is 1. The molecule has 22 heavy (non-hydrogen) atoms. The van der Waals surface area contributed by atoms with Crippen molar-refractivity contribution in [3.05, 3.63) is 29.8 Å². The molecule has 122 valence electrons. The average Bonchev–Trinajstić information content (AvgIpc) is 3.10. The molecule has 0 spiro atoms. The third-order valence-corrected chi connectivity index (χ3v) is 4.47. The zero-order valence-corrected chi connectivity index (χ0v) is 15.9. The van der Waals surface area contributed by atoms with Gasteiger partial charge >= 0.3 is 0 Å². The van der Waals surface area contributed by atoms with Crippen LogP contribution in [0.1, 0.15) is 18.9 Å². The number of nitrogens with one attached hydrogen (secondary N) is 1. The van der Waals surface area contributed by atoms with E-state index in [0.29, 0.717) is 5.92 Å². The molecule has 3 rings (SSSR count). The summed E-state index contributed by atoms with van der Waals surface area (Å²) in [4.78, 5) is 9.66. The number of aliphatic imine (C=N–C) groups is 1. The highest BCUT2D eigenvalue weighted by atomic mass is 127. The predicted molar refractivity (Wildman–Crippen MR) is 104 cm³/mol. The van der Waals surface area contributed by atoms with Gasteiger partial charge in [0.1, 0.15) is 0 Å². The molecule has 0 bridgehead atoms. The van der Waals surface area contributed by atoms with Crippen LogP contribution in [-0.2, 0) is 6.42 Å². The standard InChI is InChI=1S/C17H26N4.HI/c1-3-18-17(19-12-14-8-10-20(2)13-14)21-11-9-15-6-4-5-7-16(15)21;/h4-7,14H,3,8-13H2,1-2H3,(H,18,19);1H. The predicted octanol–water partition coefficient (Wildman–Crippen LogP) is 2.58. The molecule has 1 unspecified atom stereocenters. The lowest BCUT2D eigenvalue weighted by Gasteiger charge is -2.22. The van der Waals surface area contributed by atoms with Gasteiger partial charge < -0.3 is 15.1 Å². The second-order valence-corrected chi connectivity index (χ2v) is 6.14. The lowest BCUT2D eigenvalue weighted by atomic mass is 10.1. The molecule has 1 fully saturated rings. The van der Waals surface area contributed by atoms with E-state index >= 15 is 0 Å². The number of hydrogen-bond acceptors (Lipinski definition) is 2. The number of rotatable bonds is 3. The molecule has 2 heterocycles. The summed E-state index contributed by atoms with van der Waals surface area (Å²) >= 11 is 0. The van der Waals surface area contributed by atoms with Crippen LogP contribution >= 0.6 is 24.0 Å². The van der Waals surface area contributed by atoms with Gasteiger partial charge in [-0.15, -0.1) is 24.0 Å². The van der Waals surface area contributed by atoms with Gasteiger partial charge in [-0.2, -0.15) is 0 Å². The fourth-order valence-corrected chi connectivity index (χ4v) is 3.34. The van der Waals surface area contributed by atoms with Gasteiger partial charge in [-0.1, -0.05) is 18.2 Å². The summed E-state index contributed by atoms with van der Waals surface area (Å²) in [6.45, 7) is 7.42. The minimum absolute atomic E-state index is 0. The third-order valence-electron chi connectivity index (χ3n) is 4.47. The van der Waals surface area contributed by atoms with Crippen molar-refractivity contribution in [2.24, 2.45) is 10.9 Å². The summed E-state index contributed by atoms with van der Waals surface area (Å²) < 4.78 is 0. The van der Waals surface area contributed by atoms with E-state index in [-0.39, 0.29) is 24.0 Å². The highest BCUT2D eigenvalue weighted by Gasteiger charge is 2.23. The Balaban J connectivity index is 0.00000176. The summed E-state index contributed by atoms with van der Waals surface area (Å²) in [6, 6.07) is 8.68. The van der Waals surface area contributed by atoms with Crippen LogP contribution in [0, 0.1) is 5.92 Å². The molecule has 1 aromatic carbocycles. The van der Waals surface area contributed by atoms with Gasteiger partial charge in [-0.25, -0.2) is 0 Å². The first-order valence-electron chi connectivity index (χ1n) is 8.10. The van der Waals surface area contributed by atoms with E-state index in [4.69, 9.17) is 4.99 Å². The second kappa shape index (κ2) is 8.15. The Morgan fingerprint density at radius 1 is 1.32 bits per heavy atom. The van der Waals surface area contributed by atoms with Crippen molar-refractivity contribution in [2.45, 2.75) is 19.8 Å². The molecule has 1 saturated heterocycles. The molecule has 0 amide bonds. The fraction of sp³-hybridized carbons (Fsp3) is 0.588. The number of guanidine groups is 1. The molecule has 4 nitrogen and oxygen atoms in total. The summed E-state index contributed by atoms with van der Waals surface area (Å²) in [5.41, 5.74) is 2.75. The van der Waals surface area contributed by atoms with E-state index in [1.165, 1.54) is 30.8 Å². The van der Waals surface area contributed by atoms with Crippen molar-refractivity contribution >= 4 is 35.6 Å². The van der Waals surface area contributed by atoms with Gasteiger partial charge in [0, 0.05) is 31.9 Å². The van der Waals surface area contributed by atoms with Crippen LogP contribution in [0.15, 0.2) is 29.3 Å². The smallest absolute Gasteiger partial charge is 0.198 e. The molecule has 1 aromatic rings. The third kappa shape index (κ3) is 3.93. The van der Waals surface area contributed by atoms with Crippen molar-refractivity contribution < 1.29 is 0 Å². The molecule has 0 aliphatic carbocycles. The summed E-state index contributed by atoms with van der Waals surface area (Å²) in [5.74, 6) is 1.76. The highest BCUT2D eigenvalue weighted by Crippen LogP contribution is 2.27. The Bertz CT molecular complexity index is 517. The molecule has 2 aliphatic rings. The van der Waals surface area contributed by atoms with Crippen molar-refractivity contribution in [3.63, 3.8) is 0 Å². The highest BCUT2D eigenvalue weighted by molar-refractivity contribution is 14.0. The van der Waals surface area contributed by atoms with Crippen molar-refractivity contribution in [2.75, 3.05) is 44.7 Å². The normalized spacial score (nSPS) is 21.6. The van der Waals surface area contributed by atoms with E-state index in [1.807, 2.05) is 0 Å². The lowest BCUT2D eigenvalue weighted by Crippen LogP contribution is -2.41. The minimum Gasteiger partial charge on any atom is -0.356 e. The average molecular weight is 414 g/mol. The Kier molecular flexibility index (Phi) is 6.50. The van der Waals surface area contributed by atoms with Crippen LogP contribution in [-0.4, -0.2) is 50.6 Å². The Morgan fingerprint density at radius 3 is 2.86 bits per heavy atom. The van der Waals surface area contributed by atoms with Crippen molar-refractivity contribution in [1.82, 2.24) is 10.2 Å². The van der Waals surface area contributed by atoms with E-state index in [2.05, 4.69) is 53.4 Å². The molecule has 5 heteroatoms. The second-order valence-electron chi connectivity index (χ2n) is 6.14. The molecular weight excluding hydrogens is 387 g/mol. The first-order chi connectivity index (χ1) is 10.3. The number of para-hydroxylation sites is 1. The van der Waals surface area contributed by atoms with Gasteiger partial charge in [-0.3, -0.25) is 4.99 Å². The zero-order chi connectivity index (χ0) is 14.7. The Labute approximate surface area is 151 Å². The minimum atomic E-state index is 0. The summed E-state index contributed by atoms with van der Waals surface area (Å²) in [6.07, 6.45) is 2.39. The van der Waals surface area contributed by atoms with Crippen LogP contribution in [0.4, 0.5) is 5.69 Å². The molecule has 1 N–H and O–H groups in total. The molecular formula is C17H27IN4. The Hall–Kier alpha value is -0.820. The number of halogens is 1. The topological polar surface area (TPSA) is 30.9 Å². The van der Waals surface area contributed by atoms with E-state index in [1.54, 1.807) is 0 Å².